The Morgan fingerprint density at radius 1 is 1.05 bits per heavy atom. The van der Waals surface area contributed by atoms with Gasteiger partial charge in [-0.2, -0.15) is 0 Å². The first kappa shape index (κ1) is 14.5. The maximum Gasteiger partial charge on any atom is 0.219 e. The SMILES string of the molecule is Cc1ccc(C(C)C)cc1Oc1ccc(C(C)N)cn1. The third kappa shape index (κ3) is 3.36. The second-order valence-corrected chi connectivity index (χ2v) is 5.50. The molecule has 106 valence electrons. The molecule has 0 aliphatic heterocycles. The van der Waals surface area contributed by atoms with Gasteiger partial charge in [0.25, 0.3) is 0 Å². The van der Waals surface area contributed by atoms with E-state index in [0.29, 0.717) is 11.8 Å². The number of hydrogen-bond acceptors (Lipinski definition) is 3. The molecule has 0 radical (unpaired) electrons. The van der Waals surface area contributed by atoms with Crippen LogP contribution in [0.4, 0.5) is 0 Å². The largest absolute Gasteiger partial charge is 0.439 e. The molecule has 0 aliphatic rings. The molecule has 0 bridgehead atoms. The van der Waals surface area contributed by atoms with Crippen LogP contribution in [0.5, 0.6) is 11.6 Å². The number of pyridine rings is 1. The maximum atomic E-state index is 5.88. The zero-order valence-corrected chi connectivity index (χ0v) is 12.6. The highest BCUT2D eigenvalue weighted by Crippen LogP contribution is 2.28. The van der Waals surface area contributed by atoms with Crippen molar-refractivity contribution in [3.63, 3.8) is 0 Å². The van der Waals surface area contributed by atoms with Crippen molar-refractivity contribution in [1.29, 1.82) is 0 Å². The Hall–Kier alpha value is -1.87. The van der Waals surface area contributed by atoms with Crippen LogP contribution in [0.1, 0.15) is 49.4 Å². The number of hydrogen-bond donors (Lipinski definition) is 1. The molecule has 1 atom stereocenters. The van der Waals surface area contributed by atoms with Crippen molar-refractivity contribution in [2.45, 2.75) is 39.7 Å². The van der Waals surface area contributed by atoms with E-state index in [-0.39, 0.29) is 6.04 Å². The Bertz CT molecular complexity index is 574. The molecular formula is C17H22N2O. The highest BCUT2D eigenvalue weighted by atomic mass is 16.5. The second kappa shape index (κ2) is 6.06. The number of benzene rings is 1. The van der Waals surface area contributed by atoms with E-state index in [1.807, 2.05) is 26.0 Å². The fraction of sp³-hybridized carbons (Fsp3) is 0.353. The van der Waals surface area contributed by atoms with Crippen LogP contribution in [-0.4, -0.2) is 4.98 Å². The standard InChI is InChI=1S/C17H22N2O/c1-11(2)14-6-5-12(3)16(9-14)20-17-8-7-15(10-19-17)13(4)18/h5-11,13H,18H2,1-4H3. The number of aryl methyl sites for hydroxylation is 1. The van der Waals surface area contributed by atoms with Crippen molar-refractivity contribution < 1.29 is 4.74 Å². The van der Waals surface area contributed by atoms with Crippen molar-refractivity contribution in [1.82, 2.24) is 4.98 Å². The maximum absolute atomic E-state index is 5.88. The van der Waals surface area contributed by atoms with E-state index >= 15 is 0 Å². The van der Waals surface area contributed by atoms with Crippen LogP contribution in [0, 0.1) is 6.92 Å². The molecule has 2 N–H and O–H groups in total. The summed E-state index contributed by atoms with van der Waals surface area (Å²) in [7, 11) is 0. The summed E-state index contributed by atoms with van der Waals surface area (Å²) in [4.78, 5) is 4.31. The van der Waals surface area contributed by atoms with Gasteiger partial charge in [0.2, 0.25) is 5.88 Å². The summed E-state index contributed by atoms with van der Waals surface area (Å²) in [6, 6.07) is 10.1. The predicted molar refractivity (Wildman–Crippen MR) is 82.2 cm³/mol. The fourth-order valence-corrected chi connectivity index (χ4v) is 1.92. The average Bonchev–Trinajstić information content (AvgIpc) is 2.41. The zero-order chi connectivity index (χ0) is 14.7. The van der Waals surface area contributed by atoms with Gasteiger partial charge in [0, 0.05) is 18.3 Å². The quantitative estimate of drug-likeness (QED) is 0.899. The van der Waals surface area contributed by atoms with E-state index in [9.17, 15) is 0 Å². The van der Waals surface area contributed by atoms with Gasteiger partial charge >= 0.3 is 0 Å². The highest BCUT2D eigenvalue weighted by Gasteiger charge is 2.07. The van der Waals surface area contributed by atoms with Gasteiger partial charge in [-0.25, -0.2) is 4.98 Å². The topological polar surface area (TPSA) is 48.1 Å². The van der Waals surface area contributed by atoms with E-state index < -0.39 is 0 Å². The molecule has 1 aromatic heterocycles. The summed E-state index contributed by atoms with van der Waals surface area (Å²) < 4.78 is 5.88. The van der Waals surface area contributed by atoms with Crippen molar-refractivity contribution >= 4 is 0 Å². The van der Waals surface area contributed by atoms with Crippen LogP contribution in [0.25, 0.3) is 0 Å². The lowest BCUT2D eigenvalue weighted by Crippen LogP contribution is -2.05. The number of nitrogens with two attached hydrogens (primary N) is 1. The smallest absolute Gasteiger partial charge is 0.219 e. The van der Waals surface area contributed by atoms with Crippen molar-refractivity contribution in [2.75, 3.05) is 0 Å². The van der Waals surface area contributed by atoms with Gasteiger partial charge in [-0.15, -0.1) is 0 Å². The van der Waals surface area contributed by atoms with Crippen LogP contribution < -0.4 is 10.5 Å². The molecule has 1 heterocycles. The zero-order valence-electron chi connectivity index (χ0n) is 12.6. The Morgan fingerprint density at radius 3 is 2.30 bits per heavy atom. The molecule has 0 amide bonds. The van der Waals surface area contributed by atoms with E-state index in [1.165, 1.54) is 5.56 Å². The highest BCUT2D eigenvalue weighted by molar-refractivity contribution is 5.40. The first-order chi connectivity index (χ1) is 9.47. The summed E-state index contributed by atoms with van der Waals surface area (Å²) in [5.41, 5.74) is 9.18. The third-order valence-electron chi connectivity index (χ3n) is 3.38. The van der Waals surface area contributed by atoms with Crippen LogP contribution in [0.2, 0.25) is 0 Å². The van der Waals surface area contributed by atoms with Crippen LogP contribution in [0.3, 0.4) is 0 Å². The van der Waals surface area contributed by atoms with Gasteiger partial charge in [0.15, 0.2) is 0 Å². The molecule has 0 fully saturated rings. The summed E-state index contributed by atoms with van der Waals surface area (Å²) in [5, 5.41) is 0. The van der Waals surface area contributed by atoms with Gasteiger partial charge in [-0.1, -0.05) is 32.0 Å². The minimum atomic E-state index is -0.0115. The Balaban J connectivity index is 2.23. The summed E-state index contributed by atoms with van der Waals surface area (Å²) in [5.74, 6) is 1.93. The molecule has 0 aliphatic carbocycles. The van der Waals surface area contributed by atoms with E-state index in [4.69, 9.17) is 10.5 Å². The van der Waals surface area contributed by atoms with E-state index in [1.54, 1.807) is 6.20 Å². The van der Waals surface area contributed by atoms with Gasteiger partial charge in [-0.05, 0) is 42.5 Å². The van der Waals surface area contributed by atoms with Gasteiger partial charge in [0.1, 0.15) is 5.75 Å². The molecule has 3 nitrogen and oxygen atoms in total. The van der Waals surface area contributed by atoms with Crippen molar-refractivity contribution in [2.24, 2.45) is 5.73 Å². The Labute approximate surface area is 120 Å². The molecule has 1 unspecified atom stereocenters. The number of ether oxygens (including phenoxy) is 1. The minimum absolute atomic E-state index is 0.0115. The van der Waals surface area contributed by atoms with Crippen molar-refractivity contribution in [3.8, 4) is 11.6 Å². The molecule has 20 heavy (non-hydrogen) atoms. The summed E-state index contributed by atoms with van der Waals surface area (Å²) in [6.07, 6.45) is 1.77. The molecule has 2 aromatic rings. The van der Waals surface area contributed by atoms with Gasteiger partial charge in [0.05, 0.1) is 0 Å². The lowest BCUT2D eigenvalue weighted by atomic mass is 10.0. The second-order valence-electron chi connectivity index (χ2n) is 5.50. The van der Waals surface area contributed by atoms with E-state index in [0.717, 1.165) is 16.9 Å². The molecule has 3 heteroatoms. The fourth-order valence-electron chi connectivity index (χ4n) is 1.92. The molecule has 0 saturated carbocycles. The number of aromatic nitrogens is 1. The Morgan fingerprint density at radius 2 is 1.75 bits per heavy atom. The van der Waals surface area contributed by atoms with Crippen molar-refractivity contribution in [3.05, 3.63) is 53.2 Å². The minimum Gasteiger partial charge on any atom is -0.439 e. The van der Waals surface area contributed by atoms with Crippen LogP contribution >= 0.6 is 0 Å². The average molecular weight is 270 g/mol. The lowest BCUT2D eigenvalue weighted by molar-refractivity contribution is 0.458. The molecule has 1 aromatic carbocycles. The lowest BCUT2D eigenvalue weighted by Gasteiger charge is -2.12. The summed E-state index contributed by atoms with van der Waals surface area (Å²) >= 11 is 0. The third-order valence-corrected chi connectivity index (χ3v) is 3.38. The Kier molecular flexibility index (Phi) is 4.40. The molecular weight excluding hydrogens is 248 g/mol. The van der Waals surface area contributed by atoms with E-state index in [2.05, 4.69) is 37.0 Å². The molecule has 0 saturated heterocycles. The van der Waals surface area contributed by atoms with Gasteiger partial charge in [-0.3, -0.25) is 0 Å². The summed E-state index contributed by atoms with van der Waals surface area (Å²) in [6.45, 7) is 8.32. The van der Waals surface area contributed by atoms with Crippen LogP contribution in [0.15, 0.2) is 36.5 Å². The molecule has 0 spiro atoms. The first-order valence-corrected chi connectivity index (χ1v) is 6.97. The first-order valence-electron chi connectivity index (χ1n) is 6.97. The van der Waals surface area contributed by atoms with Crippen LogP contribution in [-0.2, 0) is 0 Å². The predicted octanol–water partition coefficient (Wildman–Crippen LogP) is 4.33. The number of rotatable bonds is 4. The number of nitrogens with zero attached hydrogens (tertiary/aromatic N) is 1. The molecule has 2 rings (SSSR count). The van der Waals surface area contributed by atoms with Gasteiger partial charge < -0.3 is 10.5 Å². The monoisotopic (exact) mass is 270 g/mol. The normalized spacial score (nSPS) is 12.5.